The third-order valence-electron chi connectivity index (χ3n) is 0. The molecular weight excluding hydrogens is 240 g/mol. The fraction of sp³-hybridized carbons (Fsp3) is 0. The number of rotatable bonds is 0. The zero-order chi connectivity index (χ0) is 7.15. The average molecular weight is 242 g/mol. The molecule has 0 aliphatic carbocycles. The molecule has 0 fully saturated rings. The second-order valence-electron chi connectivity index (χ2n) is 0.500. The summed E-state index contributed by atoms with van der Waals surface area (Å²) in [4.78, 5) is 34.1. The first-order valence-corrected chi connectivity index (χ1v) is 3.67. The Morgan fingerprint density at radius 2 is 0.900 bits per heavy atom. The number of hydrogen-bond acceptors (Lipinski definition) is 6. The molecule has 0 aliphatic heterocycles. The Labute approximate surface area is 108 Å². The smallest absolute Gasteiger partial charge is 1.00 e. The van der Waals surface area contributed by atoms with E-state index in [1.807, 2.05) is 0 Å². The first-order chi connectivity index (χ1) is 3.46. The summed E-state index contributed by atoms with van der Waals surface area (Å²) >= 11 is 0. The van der Waals surface area contributed by atoms with Crippen LogP contribution < -0.4 is 19.2 Å². The molecule has 0 spiro atoms. The van der Waals surface area contributed by atoms with Crippen LogP contribution in [0.2, 0.25) is 0 Å². The summed E-state index contributed by atoms with van der Waals surface area (Å²) in [6.07, 6.45) is 0. The molecule has 0 aromatic carbocycles. The second-order valence-corrected chi connectivity index (χ2v) is 1.50. The van der Waals surface area contributed by atoms with Crippen molar-refractivity contribution in [2.75, 3.05) is 0 Å². The maximum absolute atomic E-state index is 8.52. The van der Waals surface area contributed by atoms with E-state index in [9.17, 15) is 0 Å². The van der Waals surface area contributed by atoms with Crippen LogP contribution in [0, 0.1) is 0 Å². The van der Waals surface area contributed by atoms with Crippen molar-refractivity contribution in [2.45, 2.75) is 0 Å². The van der Waals surface area contributed by atoms with E-state index in [1.54, 1.807) is 0 Å². The zero-order valence-electron chi connectivity index (χ0n) is 6.66. The molecule has 0 rings (SSSR count). The largest absolute Gasteiger partial charge is 4.00 e. The molecule has 52 valence electrons. The Balaban J connectivity index is -0.0000000112. The molecule has 10 heavy (non-hydrogen) atoms. The van der Waals surface area contributed by atoms with E-state index < -0.39 is 18.3 Å². The van der Waals surface area contributed by atoms with Crippen LogP contribution in [0.25, 0.3) is 0 Å². The predicted molar refractivity (Wildman–Crippen MR) is 20.9 cm³/mol. The molecule has 0 aliphatic rings. The minimum absolute atomic E-state index is 0. The van der Waals surface area contributed by atoms with Gasteiger partial charge in [0.1, 0.15) is 0 Å². The molecule has 0 amide bonds. The minimum atomic E-state index is -3.63. The fourth-order valence-electron chi connectivity index (χ4n) is 0. The summed E-state index contributed by atoms with van der Waals surface area (Å²) in [5, 5.41) is 0. The zero-order valence-corrected chi connectivity index (χ0v) is 10.4. The van der Waals surface area contributed by atoms with Gasteiger partial charge in [0, 0.05) is 18.3 Å². The van der Waals surface area contributed by atoms with Crippen molar-refractivity contribution in [2.24, 2.45) is 0 Å². The maximum Gasteiger partial charge on any atom is 4.00 e. The summed E-state index contributed by atoms with van der Waals surface area (Å²) in [6.45, 7) is 0. The van der Waals surface area contributed by atoms with Crippen molar-refractivity contribution >= 4 is 56.1 Å². The Morgan fingerprint density at radius 1 is 0.900 bits per heavy atom. The van der Waals surface area contributed by atoms with Crippen LogP contribution in [0.15, 0.2) is 0 Å². The van der Waals surface area contributed by atoms with Gasteiger partial charge in [-0.1, -0.05) is 0 Å². The molecule has 0 aromatic heterocycles. The van der Waals surface area contributed by atoms with Gasteiger partial charge in [-0.05, 0) is 0 Å². The molecule has 0 aromatic rings. The second kappa shape index (κ2) is 16.7. The van der Waals surface area contributed by atoms with E-state index in [2.05, 4.69) is 0 Å². The predicted octanol–water partition coefficient (Wildman–Crippen LogP) is -5.91. The van der Waals surface area contributed by atoms with Crippen molar-refractivity contribution in [3.8, 4) is 0 Å². The van der Waals surface area contributed by atoms with Crippen LogP contribution in [-0.4, -0.2) is 56.1 Å². The van der Waals surface area contributed by atoms with E-state index in [0.717, 1.165) is 0 Å². The van der Waals surface area contributed by atoms with Gasteiger partial charge in [0.15, 0.2) is 0 Å². The van der Waals surface area contributed by atoms with Crippen molar-refractivity contribution in [3.63, 3.8) is 0 Å². The van der Waals surface area contributed by atoms with Gasteiger partial charge in [-0.3, -0.25) is 0 Å². The summed E-state index contributed by atoms with van der Waals surface area (Å²) in [6, 6.07) is 0. The van der Waals surface area contributed by atoms with Gasteiger partial charge in [0.25, 0.3) is 0 Å². The number of hydrogen-bond donors (Lipinski definition) is 0. The maximum atomic E-state index is 8.52. The van der Waals surface area contributed by atoms with Gasteiger partial charge in [-0.25, -0.2) is 0 Å². The van der Waals surface area contributed by atoms with E-state index in [0.29, 0.717) is 0 Å². The molecule has 10 heteroatoms. The molecule has 6 nitrogen and oxygen atoms in total. The summed E-state index contributed by atoms with van der Waals surface area (Å²) in [5.41, 5.74) is 0. The van der Waals surface area contributed by atoms with Gasteiger partial charge >= 0.3 is 59.5 Å². The van der Waals surface area contributed by atoms with Crippen molar-refractivity contribution in [3.05, 3.63) is 0 Å². The van der Waals surface area contributed by atoms with Gasteiger partial charge in [0.2, 0.25) is 0 Å². The average Bonchev–Trinajstić information content (AvgIpc) is 1.25. The van der Waals surface area contributed by atoms with Crippen LogP contribution in [0.4, 0.5) is 0 Å². The first-order valence-electron chi connectivity index (χ1n) is 1.22. The fourth-order valence-corrected chi connectivity index (χ4v) is 0. The summed E-state index contributed by atoms with van der Waals surface area (Å²) in [7, 11) is -7.26. The van der Waals surface area contributed by atoms with Crippen molar-refractivity contribution in [1.29, 1.82) is 0 Å². The third-order valence-corrected chi connectivity index (χ3v) is 0. The van der Waals surface area contributed by atoms with Crippen LogP contribution in [0.3, 0.4) is 0 Å². The van der Waals surface area contributed by atoms with Crippen molar-refractivity contribution in [1.82, 2.24) is 0 Å². The Hall–Kier alpha value is 1.21. The minimum Gasteiger partial charge on any atom is -1.00 e. The topological polar surface area (TPSA) is 126 Å². The van der Waals surface area contributed by atoms with Gasteiger partial charge in [0.05, 0.1) is 0 Å². The van der Waals surface area contributed by atoms with E-state index in [-0.39, 0.29) is 62.3 Å². The van der Waals surface area contributed by atoms with Crippen LogP contribution in [0.5, 0.6) is 0 Å². The molecule has 0 bridgehead atoms. The quantitative estimate of drug-likeness (QED) is 0.389. The molecule has 0 saturated carbocycles. The third kappa shape index (κ3) is 425. The van der Waals surface area contributed by atoms with Crippen molar-refractivity contribution < 1.29 is 52.7 Å². The molecule has 0 saturated heterocycles. The summed E-state index contributed by atoms with van der Waals surface area (Å²) in [5.74, 6) is 0. The standard InChI is InChI=1S/Ca.2O3Si.Ti.2H/c;2*1-4(2)3;;;/q+2;2*-2;+4;2*-1. The molecule has 0 radical (unpaired) electrons. The first kappa shape index (κ1) is 22.5. The Bertz CT molecular complexity index is 81.5. The van der Waals surface area contributed by atoms with E-state index >= 15 is 0 Å². The molecule has 0 atom stereocenters. The van der Waals surface area contributed by atoms with Gasteiger partial charge < -0.3 is 31.0 Å². The van der Waals surface area contributed by atoms with Crippen LogP contribution in [-0.2, 0) is 30.6 Å². The molecule has 0 heterocycles. The Kier molecular flexibility index (Phi) is 37.4. The van der Waals surface area contributed by atoms with Crippen LogP contribution >= 0.6 is 0 Å². The van der Waals surface area contributed by atoms with Crippen LogP contribution in [0.1, 0.15) is 2.85 Å². The van der Waals surface area contributed by atoms with E-state index in [1.165, 1.54) is 0 Å². The van der Waals surface area contributed by atoms with Gasteiger partial charge in [-0.15, -0.1) is 0 Å². The monoisotopic (exact) mass is 242 g/mol. The molecular formula is H2CaO6Si2Ti. The molecule has 0 unspecified atom stereocenters. The normalized spacial score (nSPS) is 4.80. The summed E-state index contributed by atoms with van der Waals surface area (Å²) < 4.78 is 17.0. The molecule has 0 N–H and O–H groups in total. The SMILES string of the molecule is O=[Si]([O-])[O-].O=[Si]([O-])[O-].[Ca+2].[H-].[H-].[Ti+4]. The Morgan fingerprint density at radius 3 is 0.900 bits per heavy atom. The van der Waals surface area contributed by atoms with E-state index in [4.69, 9.17) is 28.1 Å². The van der Waals surface area contributed by atoms with Gasteiger partial charge in [-0.2, -0.15) is 0 Å².